The molecule has 0 bridgehead atoms. The summed E-state index contributed by atoms with van der Waals surface area (Å²) in [4.78, 5) is 14.4. The van der Waals surface area contributed by atoms with E-state index >= 15 is 0 Å². The Hall–Kier alpha value is -1.83. The van der Waals surface area contributed by atoms with Crippen molar-refractivity contribution in [1.29, 1.82) is 0 Å². The molecular formula is C20H25BrN2O4. The zero-order valence-corrected chi connectivity index (χ0v) is 17.0. The lowest BCUT2D eigenvalue weighted by atomic mass is 10.1. The van der Waals surface area contributed by atoms with E-state index in [0.717, 1.165) is 43.9 Å². The first-order chi connectivity index (χ1) is 13.1. The normalized spacial score (nSPS) is 15.1. The van der Waals surface area contributed by atoms with Crippen LogP contribution in [0.5, 0.6) is 5.75 Å². The minimum absolute atomic E-state index is 0.172. The minimum atomic E-state index is -0.172. The molecule has 0 atom stereocenters. The van der Waals surface area contributed by atoms with Crippen LogP contribution in [0.3, 0.4) is 0 Å². The second-order valence-corrected chi connectivity index (χ2v) is 7.42. The Morgan fingerprint density at radius 2 is 2.15 bits per heavy atom. The molecule has 1 aliphatic rings. The van der Waals surface area contributed by atoms with E-state index in [2.05, 4.69) is 33.2 Å². The van der Waals surface area contributed by atoms with Crippen molar-refractivity contribution in [3.8, 4) is 5.75 Å². The van der Waals surface area contributed by atoms with Gasteiger partial charge in [0.1, 0.15) is 18.6 Å². The summed E-state index contributed by atoms with van der Waals surface area (Å²) in [6.07, 6.45) is 3.59. The van der Waals surface area contributed by atoms with Gasteiger partial charge in [0, 0.05) is 38.4 Å². The van der Waals surface area contributed by atoms with Crippen molar-refractivity contribution in [2.75, 3.05) is 33.4 Å². The van der Waals surface area contributed by atoms with Crippen molar-refractivity contribution in [2.24, 2.45) is 0 Å². The first-order valence-corrected chi connectivity index (χ1v) is 9.93. The Labute approximate surface area is 167 Å². The van der Waals surface area contributed by atoms with Crippen molar-refractivity contribution < 1.29 is 18.7 Å². The fraction of sp³-hybridized carbons (Fsp3) is 0.450. The maximum atomic E-state index is 12.1. The predicted molar refractivity (Wildman–Crippen MR) is 106 cm³/mol. The van der Waals surface area contributed by atoms with Gasteiger partial charge in [-0.3, -0.25) is 9.69 Å². The van der Waals surface area contributed by atoms with Crippen molar-refractivity contribution in [3.63, 3.8) is 0 Å². The number of halogens is 1. The number of carbonyl (C=O) groups excluding carboxylic acids is 1. The van der Waals surface area contributed by atoms with E-state index in [9.17, 15) is 4.79 Å². The van der Waals surface area contributed by atoms with Gasteiger partial charge in [0.05, 0.1) is 5.56 Å². The molecule has 6 nitrogen and oxygen atoms in total. The van der Waals surface area contributed by atoms with Gasteiger partial charge in [0.15, 0.2) is 4.67 Å². The van der Waals surface area contributed by atoms with Gasteiger partial charge in [0.2, 0.25) is 0 Å². The van der Waals surface area contributed by atoms with E-state index in [4.69, 9.17) is 13.9 Å². The number of ether oxygens (including phenoxy) is 2. The molecule has 0 spiro atoms. The lowest BCUT2D eigenvalue weighted by molar-refractivity contribution is 0.0392. The van der Waals surface area contributed by atoms with Crippen LogP contribution in [0, 0.1) is 0 Å². The van der Waals surface area contributed by atoms with Gasteiger partial charge >= 0.3 is 0 Å². The van der Waals surface area contributed by atoms with Crippen LogP contribution >= 0.6 is 15.9 Å². The molecule has 146 valence electrons. The van der Waals surface area contributed by atoms with Crippen LogP contribution in [0.25, 0.3) is 0 Å². The lowest BCUT2D eigenvalue weighted by Crippen LogP contribution is -2.38. The quantitative estimate of drug-likeness (QED) is 0.686. The molecule has 0 unspecified atom stereocenters. The third-order valence-corrected chi connectivity index (χ3v) is 5.12. The third kappa shape index (κ3) is 6.09. The number of likely N-dealkylation sites (N-methyl/N-ethyl adjacent to an activating group) is 1. The lowest BCUT2D eigenvalue weighted by Gasteiger charge is -2.31. The van der Waals surface area contributed by atoms with Crippen LogP contribution in [-0.2, 0) is 11.3 Å². The molecule has 1 amide bonds. The van der Waals surface area contributed by atoms with E-state index in [-0.39, 0.29) is 5.91 Å². The number of nitrogens with one attached hydrogen (secondary N) is 1. The number of nitrogens with zero attached hydrogens (tertiary/aromatic N) is 1. The highest BCUT2D eigenvalue weighted by atomic mass is 79.9. The number of carbonyl (C=O) groups is 1. The Bertz CT molecular complexity index is 743. The number of hydrogen-bond acceptors (Lipinski definition) is 5. The largest absolute Gasteiger partial charge is 0.492 e. The summed E-state index contributed by atoms with van der Waals surface area (Å²) in [6, 6.07) is 10.0. The Morgan fingerprint density at radius 1 is 1.33 bits per heavy atom. The van der Waals surface area contributed by atoms with Gasteiger partial charge in [0.25, 0.3) is 5.91 Å². The number of furan rings is 1. The molecule has 0 aliphatic carbocycles. The maximum Gasteiger partial charge on any atom is 0.254 e. The average molecular weight is 437 g/mol. The summed E-state index contributed by atoms with van der Waals surface area (Å²) in [5.74, 6) is 0.641. The highest BCUT2D eigenvalue weighted by Gasteiger charge is 2.18. The van der Waals surface area contributed by atoms with Crippen LogP contribution in [0.15, 0.2) is 45.7 Å². The topological polar surface area (TPSA) is 63.9 Å². The highest BCUT2D eigenvalue weighted by molar-refractivity contribution is 9.10. The second-order valence-electron chi connectivity index (χ2n) is 6.64. The van der Waals surface area contributed by atoms with Crippen LogP contribution in [0.4, 0.5) is 0 Å². The van der Waals surface area contributed by atoms with Crippen molar-refractivity contribution in [3.05, 3.63) is 52.4 Å². The van der Waals surface area contributed by atoms with Crippen molar-refractivity contribution >= 4 is 21.8 Å². The molecule has 1 aromatic heterocycles. The zero-order valence-electron chi connectivity index (χ0n) is 15.4. The predicted octanol–water partition coefficient (Wildman–Crippen LogP) is 3.46. The van der Waals surface area contributed by atoms with Crippen LogP contribution in [-0.4, -0.2) is 50.3 Å². The van der Waals surface area contributed by atoms with E-state index in [0.29, 0.717) is 29.4 Å². The molecule has 1 aromatic carbocycles. The molecule has 1 saturated heterocycles. The highest BCUT2D eigenvalue weighted by Crippen LogP contribution is 2.16. The molecule has 2 aromatic rings. The molecule has 2 heterocycles. The number of hydrogen-bond donors (Lipinski definition) is 1. The van der Waals surface area contributed by atoms with E-state index in [1.807, 2.05) is 24.3 Å². The van der Waals surface area contributed by atoms with Crippen molar-refractivity contribution in [2.45, 2.75) is 25.4 Å². The van der Waals surface area contributed by atoms with Gasteiger partial charge in [-0.05, 0) is 53.5 Å². The number of benzene rings is 1. The zero-order chi connectivity index (χ0) is 19.1. The van der Waals surface area contributed by atoms with E-state index in [1.54, 1.807) is 6.07 Å². The summed E-state index contributed by atoms with van der Waals surface area (Å²) >= 11 is 3.19. The first-order valence-electron chi connectivity index (χ1n) is 9.14. The number of amides is 1. The molecule has 3 rings (SSSR count). The van der Waals surface area contributed by atoms with Crippen LogP contribution < -0.4 is 10.1 Å². The molecule has 1 aliphatic heterocycles. The Morgan fingerprint density at radius 3 is 2.89 bits per heavy atom. The molecule has 1 fully saturated rings. The molecule has 0 saturated carbocycles. The molecule has 27 heavy (non-hydrogen) atoms. The molecule has 0 radical (unpaired) electrons. The standard InChI is InChI=1S/C20H25BrN2O4/c1-23(17-5-8-25-9-6-17)7-10-26-18-4-2-3-15(11-18)13-22-20(24)16-12-19(21)27-14-16/h2-4,11-12,14,17H,5-10,13H2,1H3,(H,22,24). The second kappa shape index (κ2) is 9.92. The van der Waals surface area contributed by atoms with Gasteiger partial charge in [-0.15, -0.1) is 0 Å². The third-order valence-electron chi connectivity index (χ3n) is 4.71. The summed E-state index contributed by atoms with van der Waals surface area (Å²) in [7, 11) is 2.14. The Balaban J connectivity index is 1.43. The van der Waals surface area contributed by atoms with Gasteiger partial charge in [-0.25, -0.2) is 0 Å². The van der Waals surface area contributed by atoms with E-state index < -0.39 is 0 Å². The molecular weight excluding hydrogens is 412 g/mol. The fourth-order valence-corrected chi connectivity index (χ4v) is 3.41. The molecule has 1 N–H and O–H groups in total. The summed E-state index contributed by atoms with van der Waals surface area (Å²) < 4.78 is 16.9. The summed E-state index contributed by atoms with van der Waals surface area (Å²) in [5.41, 5.74) is 1.48. The fourth-order valence-electron chi connectivity index (χ4n) is 3.07. The summed E-state index contributed by atoms with van der Waals surface area (Å²) in [5, 5.41) is 2.88. The van der Waals surface area contributed by atoms with Gasteiger partial charge in [-0.1, -0.05) is 12.1 Å². The van der Waals surface area contributed by atoms with Gasteiger partial charge < -0.3 is 19.2 Å². The Kier molecular flexibility index (Phi) is 7.32. The average Bonchev–Trinajstić information content (AvgIpc) is 3.13. The summed E-state index contributed by atoms with van der Waals surface area (Å²) in [6.45, 7) is 3.63. The smallest absolute Gasteiger partial charge is 0.254 e. The van der Waals surface area contributed by atoms with Crippen LogP contribution in [0.2, 0.25) is 0 Å². The SMILES string of the molecule is CN(CCOc1cccc(CNC(=O)c2coc(Br)c2)c1)C1CCOCC1. The van der Waals surface area contributed by atoms with Gasteiger partial charge in [-0.2, -0.15) is 0 Å². The number of rotatable bonds is 8. The van der Waals surface area contributed by atoms with Crippen LogP contribution in [0.1, 0.15) is 28.8 Å². The monoisotopic (exact) mass is 436 g/mol. The first kappa shape index (κ1) is 19.9. The maximum absolute atomic E-state index is 12.1. The molecule has 7 heteroatoms. The van der Waals surface area contributed by atoms with E-state index in [1.165, 1.54) is 6.26 Å². The minimum Gasteiger partial charge on any atom is -0.492 e. The van der Waals surface area contributed by atoms with Crippen molar-refractivity contribution in [1.82, 2.24) is 10.2 Å².